The van der Waals surface area contributed by atoms with Crippen LogP contribution in [0.25, 0.3) is 0 Å². The number of fused-ring (bicyclic) bond motifs is 5. The molecule has 15 atom stereocenters. The lowest BCUT2D eigenvalue weighted by molar-refractivity contribution is -0.251. The van der Waals surface area contributed by atoms with Crippen LogP contribution in [0.4, 0.5) is 0 Å². The molecule has 4 aliphatic carbocycles. The Labute approximate surface area is 215 Å². The molecule has 1 heterocycles. The summed E-state index contributed by atoms with van der Waals surface area (Å²) in [6.07, 6.45) is -0.315. The summed E-state index contributed by atoms with van der Waals surface area (Å²) in [6, 6.07) is 0. The number of ether oxygens (including phenoxy) is 1. The summed E-state index contributed by atoms with van der Waals surface area (Å²) in [5.74, 6) is -0.0824. The van der Waals surface area contributed by atoms with Gasteiger partial charge in [-0.2, -0.15) is 0 Å². The van der Waals surface area contributed by atoms with E-state index in [1.54, 1.807) is 0 Å². The number of carbonyl (C=O) groups is 1. The molecule has 0 aromatic rings. The molecule has 0 aromatic heterocycles. The third-order valence-electron chi connectivity index (χ3n) is 12.2. The molecule has 5 rings (SSSR count). The lowest BCUT2D eigenvalue weighted by atomic mass is 9.42. The molecule has 5 N–H and O–H groups in total. The van der Waals surface area contributed by atoms with Crippen molar-refractivity contribution < 1.29 is 35.1 Å². The van der Waals surface area contributed by atoms with Gasteiger partial charge in [-0.05, 0) is 72.5 Å². The number of rotatable bonds is 3. The van der Waals surface area contributed by atoms with E-state index in [2.05, 4.69) is 34.6 Å². The highest BCUT2D eigenvalue weighted by atomic mass is 16.6. The van der Waals surface area contributed by atoms with Gasteiger partial charge in [-0.1, -0.05) is 34.6 Å². The Morgan fingerprint density at radius 2 is 1.56 bits per heavy atom. The summed E-state index contributed by atoms with van der Waals surface area (Å²) in [4.78, 5) is 13.8. The molecule has 7 nitrogen and oxygen atoms in total. The molecule has 4 saturated carbocycles. The van der Waals surface area contributed by atoms with Crippen LogP contribution in [0.2, 0.25) is 0 Å². The number of carbonyl (C=O) groups excluding carboxylic acids is 1. The first-order valence-corrected chi connectivity index (χ1v) is 14.4. The molecular formula is C29H48O7. The maximum Gasteiger partial charge on any atom is 0.155 e. The number of ketones is 1. The van der Waals surface area contributed by atoms with Gasteiger partial charge in [0, 0.05) is 30.6 Å². The van der Waals surface area contributed by atoms with Crippen molar-refractivity contribution in [1.82, 2.24) is 0 Å². The molecule has 7 heteroatoms. The van der Waals surface area contributed by atoms with Crippen molar-refractivity contribution in [3.05, 3.63) is 0 Å². The van der Waals surface area contributed by atoms with Crippen LogP contribution in [-0.4, -0.2) is 68.1 Å². The van der Waals surface area contributed by atoms with Gasteiger partial charge in [0.25, 0.3) is 0 Å². The van der Waals surface area contributed by atoms with E-state index in [9.17, 15) is 30.3 Å². The monoisotopic (exact) mass is 508 g/mol. The highest BCUT2D eigenvalue weighted by Crippen LogP contribution is 2.67. The highest BCUT2D eigenvalue weighted by Gasteiger charge is 2.69. The number of aliphatic hydroxyl groups excluding tert-OH is 5. The third kappa shape index (κ3) is 3.86. The van der Waals surface area contributed by atoms with Crippen molar-refractivity contribution in [2.75, 3.05) is 0 Å². The van der Waals surface area contributed by atoms with Crippen molar-refractivity contribution in [3.63, 3.8) is 0 Å². The molecule has 0 spiro atoms. The summed E-state index contributed by atoms with van der Waals surface area (Å²) in [5.41, 5.74) is -0.748. The van der Waals surface area contributed by atoms with Gasteiger partial charge in [0.05, 0.1) is 30.5 Å². The molecule has 206 valence electrons. The van der Waals surface area contributed by atoms with E-state index in [1.807, 2.05) is 0 Å². The zero-order valence-corrected chi connectivity index (χ0v) is 22.6. The second kappa shape index (κ2) is 9.27. The van der Waals surface area contributed by atoms with Gasteiger partial charge in [0.15, 0.2) is 6.29 Å². The van der Waals surface area contributed by atoms with Gasteiger partial charge in [-0.15, -0.1) is 0 Å². The van der Waals surface area contributed by atoms with Crippen LogP contribution in [-0.2, 0) is 9.53 Å². The van der Waals surface area contributed by atoms with Crippen LogP contribution in [0.15, 0.2) is 0 Å². The molecule has 0 aromatic carbocycles. The van der Waals surface area contributed by atoms with Crippen LogP contribution in [0.1, 0.15) is 79.6 Å². The van der Waals surface area contributed by atoms with Crippen LogP contribution < -0.4 is 0 Å². The highest BCUT2D eigenvalue weighted by molar-refractivity contribution is 5.85. The first-order chi connectivity index (χ1) is 16.8. The number of hydrogen-bond donors (Lipinski definition) is 5. The van der Waals surface area contributed by atoms with E-state index in [0.29, 0.717) is 37.5 Å². The van der Waals surface area contributed by atoms with E-state index < -0.39 is 42.0 Å². The minimum atomic E-state index is -1.17. The average molecular weight is 509 g/mol. The van der Waals surface area contributed by atoms with Crippen LogP contribution in [0.3, 0.4) is 0 Å². The summed E-state index contributed by atoms with van der Waals surface area (Å²) < 4.78 is 6.06. The molecule has 0 bridgehead atoms. The van der Waals surface area contributed by atoms with E-state index in [1.165, 1.54) is 0 Å². The maximum atomic E-state index is 13.8. The zero-order valence-electron chi connectivity index (χ0n) is 22.6. The molecule has 0 radical (unpaired) electrons. The molecule has 7 unspecified atom stereocenters. The molecule has 5 fully saturated rings. The van der Waals surface area contributed by atoms with E-state index in [-0.39, 0.29) is 46.9 Å². The smallest absolute Gasteiger partial charge is 0.155 e. The van der Waals surface area contributed by atoms with E-state index in [0.717, 1.165) is 19.3 Å². The average Bonchev–Trinajstić information content (AvgIpc) is 3.09. The SMILES string of the molecule is CC(C)[C@@H]1CC(O)OC([C@@H](C)[C@H]2CC(=O)[C@@H]3[C@@H]4C(O)C(O)C5C(O)C(O)CC[C@]5(C)[C@H]4CC[C@]23C)C1. The Balaban J connectivity index is 1.44. The Morgan fingerprint density at radius 3 is 2.22 bits per heavy atom. The summed E-state index contributed by atoms with van der Waals surface area (Å²) >= 11 is 0. The number of hydrogen-bond acceptors (Lipinski definition) is 7. The van der Waals surface area contributed by atoms with Crippen molar-refractivity contribution in [2.45, 2.75) is 116 Å². The Morgan fingerprint density at radius 1 is 0.889 bits per heavy atom. The van der Waals surface area contributed by atoms with Crippen molar-refractivity contribution in [2.24, 2.45) is 58.2 Å². The van der Waals surface area contributed by atoms with Crippen LogP contribution in [0.5, 0.6) is 0 Å². The molecule has 5 aliphatic rings. The second-order valence-electron chi connectivity index (χ2n) is 14.1. The minimum Gasteiger partial charge on any atom is -0.390 e. The predicted octanol–water partition coefficient (Wildman–Crippen LogP) is 2.50. The Kier molecular flexibility index (Phi) is 6.96. The molecular weight excluding hydrogens is 460 g/mol. The molecule has 1 aliphatic heterocycles. The van der Waals surface area contributed by atoms with Crippen molar-refractivity contribution in [3.8, 4) is 0 Å². The summed E-state index contributed by atoms with van der Waals surface area (Å²) in [5, 5.41) is 54.3. The minimum absolute atomic E-state index is 0.0113. The van der Waals surface area contributed by atoms with Crippen molar-refractivity contribution in [1.29, 1.82) is 0 Å². The van der Waals surface area contributed by atoms with Gasteiger partial charge in [-0.3, -0.25) is 4.79 Å². The van der Waals surface area contributed by atoms with E-state index in [4.69, 9.17) is 4.74 Å². The zero-order chi connectivity index (χ0) is 26.3. The first kappa shape index (κ1) is 27.0. The summed E-state index contributed by atoms with van der Waals surface area (Å²) in [6.45, 7) is 10.8. The van der Waals surface area contributed by atoms with E-state index >= 15 is 0 Å². The molecule has 36 heavy (non-hydrogen) atoms. The largest absolute Gasteiger partial charge is 0.390 e. The molecule has 1 saturated heterocycles. The van der Waals surface area contributed by atoms with Gasteiger partial charge in [0.2, 0.25) is 0 Å². The van der Waals surface area contributed by atoms with Gasteiger partial charge in [0.1, 0.15) is 5.78 Å². The summed E-state index contributed by atoms with van der Waals surface area (Å²) in [7, 11) is 0. The lowest BCUT2D eigenvalue weighted by Gasteiger charge is -2.64. The number of aliphatic hydroxyl groups is 5. The van der Waals surface area contributed by atoms with Crippen LogP contribution >= 0.6 is 0 Å². The van der Waals surface area contributed by atoms with Gasteiger partial charge < -0.3 is 30.3 Å². The van der Waals surface area contributed by atoms with Gasteiger partial charge >= 0.3 is 0 Å². The fourth-order valence-electron chi connectivity index (χ4n) is 10.1. The topological polar surface area (TPSA) is 127 Å². The second-order valence-corrected chi connectivity index (χ2v) is 14.1. The number of Topliss-reactive ketones (excluding diaryl/α,β-unsaturated/α-hetero) is 1. The van der Waals surface area contributed by atoms with Gasteiger partial charge in [-0.25, -0.2) is 0 Å². The fourth-order valence-corrected chi connectivity index (χ4v) is 10.1. The Hall–Kier alpha value is -0.570. The third-order valence-corrected chi connectivity index (χ3v) is 12.2. The normalized spacial score (nSPS) is 56.1. The quantitative estimate of drug-likeness (QED) is 0.396. The Bertz CT molecular complexity index is 847. The standard InChI is InChI=1S/C29H48O7/c1-13(2)15-10-20(36-21(32)11-15)14(3)17-12-19(31)23-22-16(6-8-29(17,23)5)28(4)9-7-18(30)25(33)24(28)27(35)26(22)34/h13-18,20-27,30,32-35H,6-12H2,1-5H3/t14-,15-,16-,17+,18?,20?,21?,22+,23+,24?,25?,26?,27?,28+,29+/m0/s1. The first-order valence-electron chi connectivity index (χ1n) is 14.4. The van der Waals surface area contributed by atoms with Crippen LogP contribution in [0, 0.1) is 58.2 Å². The maximum absolute atomic E-state index is 13.8. The fraction of sp³-hybridized carbons (Fsp3) is 0.966. The predicted molar refractivity (Wildman–Crippen MR) is 133 cm³/mol. The lowest BCUT2D eigenvalue weighted by Crippen LogP contribution is -2.68. The molecule has 0 amide bonds. The van der Waals surface area contributed by atoms with Crippen molar-refractivity contribution >= 4 is 5.78 Å².